The summed E-state index contributed by atoms with van der Waals surface area (Å²) < 4.78 is 34.0. The van der Waals surface area contributed by atoms with Gasteiger partial charge in [-0.15, -0.1) is 0 Å². The lowest BCUT2D eigenvalue weighted by Gasteiger charge is -2.49. The molecule has 0 radical (unpaired) electrons. The van der Waals surface area contributed by atoms with Crippen LogP contribution >= 0.6 is 0 Å². The number of ether oxygens (including phenoxy) is 1. The van der Waals surface area contributed by atoms with Crippen LogP contribution in [0.5, 0.6) is 5.75 Å². The third kappa shape index (κ3) is 5.14. The maximum Gasteiger partial charge on any atom is 0.270 e. The molecule has 1 atom stereocenters. The Morgan fingerprint density at radius 1 is 0.966 bits per heavy atom. The third-order valence-electron chi connectivity index (χ3n) is 5.68. The van der Waals surface area contributed by atoms with E-state index in [1.54, 1.807) is 19.2 Å². The SMILES string of the molecule is COc1ccc(CN2CCN(C(C)(C)C)C(c3ccccc3C(C)(F)F)C2)cc1. The lowest BCUT2D eigenvalue weighted by molar-refractivity contribution is -0.00631. The van der Waals surface area contributed by atoms with Crippen LogP contribution in [0.3, 0.4) is 0 Å². The summed E-state index contributed by atoms with van der Waals surface area (Å²) in [6.07, 6.45) is 0. The second-order valence-corrected chi connectivity index (χ2v) is 8.94. The number of piperazine rings is 1. The minimum atomic E-state index is -2.86. The lowest BCUT2D eigenvalue weighted by Crippen LogP contribution is -2.55. The van der Waals surface area contributed by atoms with Gasteiger partial charge in [0.15, 0.2) is 0 Å². The largest absolute Gasteiger partial charge is 0.497 e. The molecular weight excluding hydrogens is 370 g/mol. The average Bonchev–Trinajstić information content (AvgIpc) is 2.67. The molecular formula is C24H32F2N2O. The van der Waals surface area contributed by atoms with Gasteiger partial charge in [0.1, 0.15) is 5.75 Å². The first-order valence-electron chi connectivity index (χ1n) is 10.2. The molecule has 29 heavy (non-hydrogen) atoms. The fourth-order valence-corrected chi connectivity index (χ4v) is 4.23. The van der Waals surface area contributed by atoms with E-state index in [0.717, 1.165) is 44.4 Å². The average molecular weight is 403 g/mol. The zero-order valence-electron chi connectivity index (χ0n) is 18.1. The minimum absolute atomic E-state index is 0.0796. The Kier molecular flexibility index (Phi) is 6.30. The molecule has 0 aromatic heterocycles. The molecule has 1 aliphatic rings. The molecule has 0 spiro atoms. The van der Waals surface area contributed by atoms with Crippen LogP contribution in [0, 0.1) is 0 Å². The first-order chi connectivity index (χ1) is 13.6. The molecule has 2 aromatic rings. The van der Waals surface area contributed by atoms with E-state index in [0.29, 0.717) is 0 Å². The fraction of sp³-hybridized carbons (Fsp3) is 0.500. The van der Waals surface area contributed by atoms with Gasteiger partial charge in [-0.25, -0.2) is 8.78 Å². The molecule has 3 nitrogen and oxygen atoms in total. The van der Waals surface area contributed by atoms with Gasteiger partial charge in [-0.1, -0.05) is 36.4 Å². The monoisotopic (exact) mass is 402 g/mol. The second kappa shape index (κ2) is 8.41. The van der Waals surface area contributed by atoms with Crippen molar-refractivity contribution in [1.29, 1.82) is 0 Å². The van der Waals surface area contributed by atoms with Crippen LogP contribution in [0.4, 0.5) is 8.78 Å². The summed E-state index contributed by atoms with van der Waals surface area (Å²) in [5.74, 6) is -2.03. The molecule has 0 saturated carbocycles. The Morgan fingerprint density at radius 2 is 1.62 bits per heavy atom. The van der Waals surface area contributed by atoms with Crippen molar-refractivity contribution in [2.75, 3.05) is 26.7 Å². The van der Waals surface area contributed by atoms with Crippen LogP contribution in [0.1, 0.15) is 50.4 Å². The van der Waals surface area contributed by atoms with E-state index in [1.165, 1.54) is 5.56 Å². The molecule has 2 aromatic carbocycles. The van der Waals surface area contributed by atoms with Gasteiger partial charge in [0, 0.05) is 50.2 Å². The van der Waals surface area contributed by atoms with E-state index in [2.05, 4.69) is 42.7 Å². The van der Waals surface area contributed by atoms with Crippen molar-refractivity contribution in [1.82, 2.24) is 9.80 Å². The Morgan fingerprint density at radius 3 is 2.21 bits per heavy atom. The second-order valence-electron chi connectivity index (χ2n) is 8.94. The molecule has 1 unspecified atom stereocenters. The Bertz CT molecular complexity index is 809. The van der Waals surface area contributed by atoms with E-state index in [4.69, 9.17) is 4.74 Å². The summed E-state index contributed by atoms with van der Waals surface area (Å²) in [4.78, 5) is 4.72. The van der Waals surface area contributed by atoms with Crippen molar-refractivity contribution in [3.05, 3.63) is 65.2 Å². The molecule has 1 heterocycles. The molecule has 158 valence electrons. The molecule has 1 fully saturated rings. The Hall–Kier alpha value is -1.98. The van der Waals surface area contributed by atoms with E-state index < -0.39 is 5.92 Å². The lowest BCUT2D eigenvalue weighted by atomic mass is 9.90. The molecule has 1 aliphatic heterocycles. The number of rotatable bonds is 5. The molecule has 0 N–H and O–H groups in total. The van der Waals surface area contributed by atoms with Gasteiger partial charge in [-0.3, -0.25) is 9.80 Å². The van der Waals surface area contributed by atoms with Crippen LogP contribution in [0.25, 0.3) is 0 Å². The molecule has 0 amide bonds. The van der Waals surface area contributed by atoms with Crippen LogP contribution in [0.2, 0.25) is 0 Å². The highest BCUT2D eigenvalue weighted by molar-refractivity contribution is 5.34. The zero-order chi connectivity index (χ0) is 21.2. The van der Waals surface area contributed by atoms with Gasteiger partial charge in [-0.05, 0) is 44.0 Å². The van der Waals surface area contributed by atoms with Gasteiger partial charge in [0.2, 0.25) is 0 Å². The quantitative estimate of drug-likeness (QED) is 0.660. The molecule has 5 heteroatoms. The Labute approximate surface area is 173 Å². The highest BCUT2D eigenvalue weighted by Gasteiger charge is 2.38. The first kappa shape index (κ1) is 21.7. The summed E-state index contributed by atoms with van der Waals surface area (Å²) in [7, 11) is 1.66. The van der Waals surface area contributed by atoms with Crippen molar-refractivity contribution in [3.63, 3.8) is 0 Å². The number of methoxy groups -OCH3 is 1. The standard InChI is InChI=1S/C24H32F2N2O/c1-23(2,3)28-15-14-27(16-18-10-12-19(29-5)13-11-18)17-22(28)20-8-6-7-9-21(20)24(4,25)26/h6-13,22H,14-17H2,1-5H3. The van der Waals surface area contributed by atoms with Crippen LogP contribution in [-0.4, -0.2) is 42.1 Å². The maximum atomic E-state index is 14.4. The van der Waals surface area contributed by atoms with Gasteiger partial charge < -0.3 is 4.74 Å². The molecule has 0 bridgehead atoms. The fourth-order valence-electron chi connectivity index (χ4n) is 4.23. The van der Waals surface area contributed by atoms with E-state index in [-0.39, 0.29) is 17.1 Å². The minimum Gasteiger partial charge on any atom is -0.497 e. The topological polar surface area (TPSA) is 15.7 Å². The van der Waals surface area contributed by atoms with Crippen molar-refractivity contribution in [2.45, 2.75) is 51.7 Å². The summed E-state index contributed by atoms with van der Waals surface area (Å²) in [5, 5.41) is 0. The third-order valence-corrected chi connectivity index (χ3v) is 5.68. The van der Waals surface area contributed by atoms with E-state index >= 15 is 0 Å². The molecule has 3 rings (SSSR count). The van der Waals surface area contributed by atoms with Crippen LogP contribution in [0.15, 0.2) is 48.5 Å². The van der Waals surface area contributed by atoms with Crippen LogP contribution < -0.4 is 4.74 Å². The maximum absolute atomic E-state index is 14.4. The van der Waals surface area contributed by atoms with Gasteiger partial charge in [-0.2, -0.15) is 0 Å². The van der Waals surface area contributed by atoms with Crippen molar-refractivity contribution in [3.8, 4) is 5.75 Å². The Balaban J connectivity index is 1.89. The van der Waals surface area contributed by atoms with Crippen molar-refractivity contribution >= 4 is 0 Å². The summed E-state index contributed by atoms with van der Waals surface area (Å²) >= 11 is 0. The van der Waals surface area contributed by atoms with Crippen molar-refractivity contribution in [2.24, 2.45) is 0 Å². The highest BCUT2D eigenvalue weighted by atomic mass is 19.3. The molecule has 1 saturated heterocycles. The number of hydrogen-bond donors (Lipinski definition) is 0. The zero-order valence-corrected chi connectivity index (χ0v) is 18.1. The first-order valence-corrected chi connectivity index (χ1v) is 10.2. The van der Waals surface area contributed by atoms with E-state index in [9.17, 15) is 8.78 Å². The summed E-state index contributed by atoms with van der Waals surface area (Å²) in [5.41, 5.74) is 1.95. The molecule has 0 aliphatic carbocycles. The summed E-state index contributed by atoms with van der Waals surface area (Å²) in [6, 6.07) is 15.0. The van der Waals surface area contributed by atoms with Gasteiger partial charge in [0.25, 0.3) is 5.92 Å². The van der Waals surface area contributed by atoms with Gasteiger partial charge in [0.05, 0.1) is 7.11 Å². The predicted molar refractivity (Wildman–Crippen MR) is 113 cm³/mol. The number of halogens is 2. The normalized spacial score (nSPS) is 19.3. The van der Waals surface area contributed by atoms with Gasteiger partial charge >= 0.3 is 0 Å². The number of benzene rings is 2. The smallest absolute Gasteiger partial charge is 0.270 e. The number of alkyl halides is 2. The number of nitrogens with zero attached hydrogens (tertiary/aromatic N) is 2. The van der Waals surface area contributed by atoms with Crippen LogP contribution in [-0.2, 0) is 12.5 Å². The van der Waals surface area contributed by atoms with Crippen molar-refractivity contribution < 1.29 is 13.5 Å². The highest BCUT2D eigenvalue weighted by Crippen LogP contribution is 2.39. The summed E-state index contributed by atoms with van der Waals surface area (Å²) in [6.45, 7) is 10.7. The van der Waals surface area contributed by atoms with E-state index in [1.807, 2.05) is 24.3 Å². The predicted octanol–water partition coefficient (Wildman–Crippen LogP) is 5.46. The number of hydrogen-bond acceptors (Lipinski definition) is 3.